The van der Waals surface area contributed by atoms with Gasteiger partial charge in [0.15, 0.2) is 0 Å². The van der Waals surface area contributed by atoms with Gasteiger partial charge in [0.25, 0.3) is 0 Å². The Kier molecular flexibility index (Phi) is 2.55. The van der Waals surface area contributed by atoms with Crippen LogP contribution in [0, 0.1) is 0 Å². The summed E-state index contributed by atoms with van der Waals surface area (Å²) in [7, 11) is 0. The number of hydrogen-bond acceptors (Lipinski definition) is 3. The minimum absolute atomic E-state index is 0.483. The fraction of sp³-hybridized carbons (Fsp3) is 0.125. The molecule has 0 spiro atoms. The highest BCUT2D eigenvalue weighted by molar-refractivity contribution is 6.33. The molecule has 1 aromatic carbocycles. The quantitative estimate of drug-likeness (QED) is 0.304. The fourth-order valence-corrected chi connectivity index (χ4v) is 0.944. The van der Waals surface area contributed by atoms with Crippen molar-refractivity contribution < 1.29 is 5.21 Å². The fourth-order valence-electron chi connectivity index (χ4n) is 0.827. The molecule has 1 rings (SSSR count). The third-order valence-corrected chi connectivity index (χ3v) is 1.91. The molecule has 0 heterocycles. The van der Waals surface area contributed by atoms with Crippen LogP contribution in [0.4, 0.5) is 5.69 Å². The molecule has 3 nitrogen and oxygen atoms in total. The molecule has 64 valence electrons. The van der Waals surface area contributed by atoms with Gasteiger partial charge in [0, 0.05) is 5.56 Å². The molecule has 0 aromatic heterocycles. The summed E-state index contributed by atoms with van der Waals surface area (Å²) in [6.07, 6.45) is 0. The number of nitrogens with two attached hydrogens (primary N) is 1. The predicted molar refractivity (Wildman–Crippen MR) is 49.9 cm³/mol. The summed E-state index contributed by atoms with van der Waals surface area (Å²) in [5.41, 5.74) is 7.30. The summed E-state index contributed by atoms with van der Waals surface area (Å²) in [6.45, 7) is 1.68. The van der Waals surface area contributed by atoms with Crippen molar-refractivity contribution in [2.24, 2.45) is 5.16 Å². The molecule has 0 aliphatic heterocycles. The van der Waals surface area contributed by atoms with Crippen LogP contribution < -0.4 is 5.73 Å². The summed E-state index contributed by atoms with van der Waals surface area (Å²) in [6, 6.07) is 5.08. The van der Waals surface area contributed by atoms with E-state index in [4.69, 9.17) is 22.5 Å². The Labute approximate surface area is 75.4 Å². The van der Waals surface area contributed by atoms with E-state index >= 15 is 0 Å². The van der Waals surface area contributed by atoms with Crippen molar-refractivity contribution in [2.45, 2.75) is 6.92 Å². The second-order valence-corrected chi connectivity index (χ2v) is 2.83. The summed E-state index contributed by atoms with van der Waals surface area (Å²) in [5, 5.41) is 12.0. The molecule has 0 aliphatic carbocycles. The Bertz CT molecular complexity index is 323. The first-order valence-corrected chi connectivity index (χ1v) is 3.77. The van der Waals surface area contributed by atoms with Crippen molar-refractivity contribution in [2.75, 3.05) is 5.73 Å². The highest BCUT2D eigenvalue weighted by Gasteiger charge is 2.00. The van der Waals surface area contributed by atoms with Gasteiger partial charge < -0.3 is 10.9 Å². The van der Waals surface area contributed by atoms with E-state index in [-0.39, 0.29) is 0 Å². The maximum absolute atomic E-state index is 8.46. The van der Waals surface area contributed by atoms with Gasteiger partial charge in [-0.2, -0.15) is 0 Å². The van der Waals surface area contributed by atoms with Gasteiger partial charge in [0.1, 0.15) is 0 Å². The second-order valence-electron chi connectivity index (χ2n) is 2.42. The molecule has 0 saturated carbocycles. The predicted octanol–water partition coefficient (Wildman–Crippen LogP) is 2.12. The van der Waals surface area contributed by atoms with E-state index in [0.29, 0.717) is 16.4 Å². The minimum atomic E-state index is 0.483. The van der Waals surface area contributed by atoms with Crippen molar-refractivity contribution in [1.29, 1.82) is 0 Å². The number of nitrogen functional groups attached to an aromatic ring is 1. The maximum atomic E-state index is 8.46. The molecule has 4 heteroatoms. The Morgan fingerprint density at radius 1 is 1.58 bits per heavy atom. The summed E-state index contributed by atoms with van der Waals surface area (Å²) >= 11 is 5.70. The third-order valence-electron chi connectivity index (χ3n) is 1.56. The van der Waals surface area contributed by atoms with Crippen LogP contribution in [0.2, 0.25) is 5.02 Å². The van der Waals surface area contributed by atoms with Gasteiger partial charge in [-0.05, 0) is 19.1 Å². The Morgan fingerprint density at radius 2 is 2.25 bits per heavy atom. The average Bonchev–Trinajstić information content (AvgIpc) is 2.08. The molecular weight excluding hydrogens is 176 g/mol. The molecule has 0 fully saturated rings. The second kappa shape index (κ2) is 3.45. The lowest BCUT2D eigenvalue weighted by Crippen LogP contribution is -1.96. The molecule has 0 bridgehead atoms. The topological polar surface area (TPSA) is 58.6 Å². The van der Waals surface area contributed by atoms with Gasteiger partial charge in [-0.1, -0.05) is 22.8 Å². The van der Waals surface area contributed by atoms with Crippen LogP contribution in [0.25, 0.3) is 0 Å². The van der Waals surface area contributed by atoms with E-state index in [1.807, 2.05) is 0 Å². The molecule has 0 atom stereocenters. The molecule has 0 aliphatic rings. The lowest BCUT2D eigenvalue weighted by atomic mass is 10.1. The van der Waals surface area contributed by atoms with E-state index in [2.05, 4.69) is 5.16 Å². The zero-order chi connectivity index (χ0) is 9.14. The molecular formula is C8H9ClN2O. The van der Waals surface area contributed by atoms with Crippen molar-refractivity contribution in [3.05, 3.63) is 28.8 Å². The molecule has 12 heavy (non-hydrogen) atoms. The van der Waals surface area contributed by atoms with Crippen molar-refractivity contribution in [3.8, 4) is 0 Å². The summed E-state index contributed by atoms with van der Waals surface area (Å²) < 4.78 is 0. The summed E-state index contributed by atoms with van der Waals surface area (Å²) in [5.74, 6) is 0. The molecule has 0 unspecified atom stereocenters. The molecule has 0 saturated heterocycles. The number of rotatable bonds is 1. The number of halogens is 1. The highest BCUT2D eigenvalue weighted by Crippen LogP contribution is 2.19. The molecule has 1 aromatic rings. The molecule has 0 radical (unpaired) electrons. The van der Waals surface area contributed by atoms with Gasteiger partial charge in [-0.3, -0.25) is 0 Å². The van der Waals surface area contributed by atoms with Crippen LogP contribution in [0.1, 0.15) is 12.5 Å². The van der Waals surface area contributed by atoms with Gasteiger partial charge in [0.05, 0.1) is 16.4 Å². The first kappa shape index (κ1) is 8.87. The molecule has 3 N–H and O–H groups in total. The van der Waals surface area contributed by atoms with E-state index in [1.165, 1.54) is 0 Å². The van der Waals surface area contributed by atoms with Crippen LogP contribution >= 0.6 is 11.6 Å². The van der Waals surface area contributed by atoms with E-state index in [0.717, 1.165) is 5.56 Å². The van der Waals surface area contributed by atoms with Crippen LogP contribution in [-0.2, 0) is 0 Å². The average molecular weight is 185 g/mol. The van der Waals surface area contributed by atoms with Crippen LogP contribution in [-0.4, -0.2) is 10.9 Å². The maximum Gasteiger partial charge on any atom is 0.0837 e. The smallest absolute Gasteiger partial charge is 0.0837 e. The first-order valence-electron chi connectivity index (χ1n) is 3.39. The van der Waals surface area contributed by atoms with Gasteiger partial charge in [0.2, 0.25) is 0 Å². The van der Waals surface area contributed by atoms with Gasteiger partial charge in [-0.25, -0.2) is 0 Å². The third kappa shape index (κ3) is 1.68. The van der Waals surface area contributed by atoms with Gasteiger partial charge in [-0.15, -0.1) is 0 Å². The normalized spacial score (nSPS) is 11.7. The Hall–Kier alpha value is -1.22. The monoisotopic (exact) mass is 184 g/mol. The first-order chi connectivity index (χ1) is 5.65. The number of anilines is 1. The lowest BCUT2D eigenvalue weighted by Gasteiger charge is -2.01. The van der Waals surface area contributed by atoms with E-state index in [9.17, 15) is 0 Å². The SMILES string of the molecule is C/C(=N\O)c1ccc(Cl)c(N)c1. The highest BCUT2D eigenvalue weighted by atomic mass is 35.5. The largest absolute Gasteiger partial charge is 0.411 e. The lowest BCUT2D eigenvalue weighted by molar-refractivity contribution is 0.319. The number of benzene rings is 1. The minimum Gasteiger partial charge on any atom is -0.411 e. The Balaban J connectivity index is 3.13. The van der Waals surface area contributed by atoms with E-state index in [1.54, 1.807) is 25.1 Å². The van der Waals surface area contributed by atoms with Crippen LogP contribution in [0.3, 0.4) is 0 Å². The van der Waals surface area contributed by atoms with Crippen molar-refractivity contribution in [1.82, 2.24) is 0 Å². The van der Waals surface area contributed by atoms with E-state index < -0.39 is 0 Å². The summed E-state index contributed by atoms with van der Waals surface area (Å²) in [4.78, 5) is 0. The van der Waals surface area contributed by atoms with Crippen LogP contribution in [0.5, 0.6) is 0 Å². The zero-order valence-electron chi connectivity index (χ0n) is 6.58. The molecule has 0 amide bonds. The zero-order valence-corrected chi connectivity index (χ0v) is 7.34. The number of nitrogens with zero attached hydrogens (tertiary/aromatic N) is 1. The number of oxime groups is 1. The van der Waals surface area contributed by atoms with Gasteiger partial charge >= 0.3 is 0 Å². The van der Waals surface area contributed by atoms with Crippen molar-refractivity contribution >= 4 is 23.0 Å². The van der Waals surface area contributed by atoms with Crippen LogP contribution in [0.15, 0.2) is 23.4 Å². The Morgan fingerprint density at radius 3 is 2.75 bits per heavy atom. The van der Waals surface area contributed by atoms with Crippen molar-refractivity contribution in [3.63, 3.8) is 0 Å². The number of hydrogen-bond donors (Lipinski definition) is 2. The standard InChI is InChI=1S/C8H9ClN2O/c1-5(11-12)6-2-3-7(9)8(10)4-6/h2-4,12H,10H2,1H3/b11-5+.